The number of nitrogens with one attached hydrogen (secondary N) is 1. The largest absolute Gasteiger partial charge is 0.326 e. The molecule has 1 aromatic rings. The lowest BCUT2D eigenvalue weighted by atomic mass is 10.1. The lowest BCUT2D eigenvalue weighted by Gasteiger charge is -2.07. The molecular formula is C12H16BrNO. The maximum absolute atomic E-state index is 10.8. The highest BCUT2D eigenvalue weighted by Gasteiger charge is 2.02. The lowest BCUT2D eigenvalue weighted by Crippen LogP contribution is -2.06. The van der Waals surface area contributed by atoms with Crippen LogP contribution in [0.5, 0.6) is 0 Å². The van der Waals surface area contributed by atoms with Crippen LogP contribution in [0.25, 0.3) is 0 Å². The van der Waals surface area contributed by atoms with Gasteiger partial charge in [-0.15, -0.1) is 0 Å². The molecule has 0 heterocycles. The molecule has 1 atom stereocenters. The van der Waals surface area contributed by atoms with Gasteiger partial charge in [-0.2, -0.15) is 0 Å². The van der Waals surface area contributed by atoms with E-state index in [1.807, 2.05) is 12.1 Å². The number of alkyl halides is 1. The molecule has 0 saturated carbocycles. The Balaban J connectivity index is 2.60. The zero-order chi connectivity index (χ0) is 11.3. The minimum absolute atomic E-state index is 0.0327. The van der Waals surface area contributed by atoms with E-state index < -0.39 is 0 Å². The standard InChI is InChI=1S/C12H16BrNO/c1-3-11(13)8-10-4-6-12(7-5-10)14-9(2)15/h4-7,11H,3,8H2,1-2H3,(H,14,15). The topological polar surface area (TPSA) is 29.1 Å². The van der Waals surface area contributed by atoms with Crippen molar-refractivity contribution in [2.75, 3.05) is 5.32 Å². The maximum Gasteiger partial charge on any atom is 0.221 e. The molecule has 1 rings (SSSR count). The van der Waals surface area contributed by atoms with Gasteiger partial charge in [-0.05, 0) is 30.5 Å². The van der Waals surface area contributed by atoms with Crippen LogP contribution >= 0.6 is 15.9 Å². The zero-order valence-electron chi connectivity index (χ0n) is 9.09. The summed E-state index contributed by atoms with van der Waals surface area (Å²) in [5, 5.41) is 2.75. The number of amides is 1. The van der Waals surface area contributed by atoms with Crippen LogP contribution in [0, 0.1) is 0 Å². The molecule has 2 nitrogen and oxygen atoms in total. The molecule has 3 heteroatoms. The van der Waals surface area contributed by atoms with E-state index in [-0.39, 0.29) is 5.91 Å². The summed E-state index contributed by atoms with van der Waals surface area (Å²) in [4.78, 5) is 11.3. The molecular weight excluding hydrogens is 254 g/mol. The van der Waals surface area contributed by atoms with Gasteiger partial charge in [0.15, 0.2) is 0 Å². The number of hydrogen-bond acceptors (Lipinski definition) is 1. The molecule has 1 amide bonds. The quantitative estimate of drug-likeness (QED) is 0.835. The molecule has 15 heavy (non-hydrogen) atoms. The minimum Gasteiger partial charge on any atom is -0.326 e. The summed E-state index contributed by atoms with van der Waals surface area (Å²) in [5.41, 5.74) is 2.14. The predicted octanol–water partition coefficient (Wildman–Crippen LogP) is 3.36. The monoisotopic (exact) mass is 269 g/mol. The van der Waals surface area contributed by atoms with E-state index >= 15 is 0 Å². The van der Waals surface area contributed by atoms with E-state index in [0.29, 0.717) is 4.83 Å². The van der Waals surface area contributed by atoms with Gasteiger partial charge < -0.3 is 5.32 Å². The maximum atomic E-state index is 10.8. The van der Waals surface area contributed by atoms with Crippen LogP contribution in [-0.2, 0) is 11.2 Å². The van der Waals surface area contributed by atoms with Crippen molar-refractivity contribution < 1.29 is 4.79 Å². The van der Waals surface area contributed by atoms with Gasteiger partial charge in [0.1, 0.15) is 0 Å². The van der Waals surface area contributed by atoms with E-state index in [2.05, 4.69) is 40.3 Å². The molecule has 0 aliphatic carbocycles. The Labute approximate surface area is 99.2 Å². The summed E-state index contributed by atoms with van der Waals surface area (Å²) in [6, 6.07) is 7.97. The second kappa shape index (κ2) is 5.91. The predicted molar refractivity (Wildman–Crippen MR) is 67.5 cm³/mol. The number of halogens is 1. The lowest BCUT2D eigenvalue weighted by molar-refractivity contribution is -0.114. The summed E-state index contributed by atoms with van der Waals surface area (Å²) in [7, 11) is 0. The Morgan fingerprint density at radius 2 is 2.00 bits per heavy atom. The van der Waals surface area contributed by atoms with Crippen molar-refractivity contribution in [1.29, 1.82) is 0 Å². The molecule has 0 bridgehead atoms. The SMILES string of the molecule is CCC(Br)Cc1ccc(NC(C)=O)cc1. The van der Waals surface area contributed by atoms with Crippen molar-refractivity contribution >= 4 is 27.5 Å². The first-order valence-corrected chi connectivity index (χ1v) is 6.04. The number of carbonyl (C=O) groups is 1. The van der Waals surface area contributed by atoms with E-state index in [1.54, 1.807) is 0 Å². The molecule has 1 aromatic carbocycles. The molecule has 82 valence electrons. The van der Waals surface area contributed by atoms with Gasteiger partial charge in [-0.25, -0.2) is 0 Å². The molecule has 0 saturated heterocycles. The Bertz CT molecular complexity index is 321. The average Bonchev–Trinajstić information content (AvgIpc) is 2.20. The van der Waals surface area contributed by atoms with Crippen molar-refractivity contribution in [2.24, 2.45) is 0 Å². The fourth-order valence-corrected chi connectivity index (χ4v) is 1.70. The normalized spacial score (nSPS) is 12.2. The van der Waals surface area contributed by atoms with Gasteiger partial charge >= 0.3 is 0 Å². The Morgan fingerprint density at radius 3 is 2.47 bits per heavy atom. The minimum atomic E-state index is -0.0327. The first kappa shape index (κ1) is 12.2. The zero-order valence-corrected chi connectivity index (χ0v) is 10.7. The highest BCUT2D eigenvalue weighted by molar-refractivity contribution is 9.09. The third kappa shape index (κ3) is 4.47. The number of hydrogen-bond donors (Lipinski definition) is 1. The Kier molecular flexibility index (Phi) is 4.82. The van der Waals surface area contributed by atoms with Gasteiger partial charge in [0.2, 0.25) is 5.91 Å². The fourth-order valence-electron chi connectivity index (χ4n) is 1.33. The highest BCUT2D eigenvalue weighted by atomic mass is 79.9. The van der Waals surface area contributed by atoms with Gasteiger partial charge in [0.25, 0.3) is 0 Å². The molecule has 0 fully saturated rings. The number of rotatable bonds is 4. The first-order chi connectivity index (χ1) is 7.11. The molecule has 0 radical (unpaired) electrons. The van der Waals surface area contributed by atoms with E-state index in [0.717, 1.165) is 18.5 Å². The smallest absolute Gasteiger partial charge is 0.221 e. The van der Waals surface area contributed by atoms with E-state index in [4.69, 9.17) is 0 Å². The summed E-state index contributed by atoms with van der Waals surface area (Å²) in [6.45, 7) is 3.67. The number of carbonyl (C=O) groups excluding carboxylic acids is 1. The summed E-state index contributed by atoms with van der Waals surface area (Å²) >= 11 is 3.60. The molecule has 1 N–H and O–H groups in total. The second-order valence-electron chi connectivity index (χ2n) is 3.59. The highest BCUT2D eigenvalue weighted by Crippen LogP contribution is 2.15. The molecule has 0 aliphatic rings. The number of anilines is 1. The summed E-state index contributed by atoms with van der Waals surface area (Å²) in [6.07, 6.45) is 2.14. The van der Waals surface area contributed by atoms with Crippen LogP contribution in [0.15, 0.2) is 24.3 Å². The van der Waals surface area contributed by atoms with Crippen LogP contribution in [0.1, 0.15) is 25.8 Å². The van der Waals surface area contributed by atoms with Crippen LogP contribution in [0.4, 0.5) is 5.69 Å². The van der Waals surface area contributed by atoms with E-state index in [1.165, 1.54) is 12.5 Å². The van der Waals surface area contributed by atoms with Gasteiger partial charge in [0.05, 0.1) is 0 Å². The van der Waals surface area contributed by atoms with Crippen LogP contribution in [0.2, 0.25) is 0 Å². The Hall–Kier alpha value is -0.830. The molecule has 1 unspecified atom stereocenters. The van der Waals surface area contributed by atoms with Crippen LogP contribution < -0.4 is 5.32 Å². The van der Waals surface area contributed by atoms with E-state index in [9.17, 15) is 4.79 Å². The average molecular weight is 270 g/mol. The molecule has 0 spiro atoms. The number of benzene rings is 1. The van der Waals surface area contributed by atoms with Crippen molar-refractivity contribution in [3.8, 4) is 0 Å². The molecule has 0 aliphatic heterocycles. The van der Waals surface area contributed by atoms with Crippen LogP contribution in [-0.4, -0.2) is 10.7 Å². The summed E-state index contributed by atoms with van der Waals surface area (Å²) in [5.74, 6) is -0.0327. The molecule has 0 aromatic heterocycles. The van der Waals surface area contributed by atoms with Crippen molar-refractivity contribution in [2.45, 2.75) is 31.5 Å². The third-order valence-electron chi connectivity index (χ3n) is 2.17. The van der Waals surface area contributed by atoms with Gasteiger partial charge in [-0.1, -0.05) is 35.0 Å². The third-order valence-corrected chi connectivity index (χ3v) is 3.15. The summed E-state index contributed by atoms with van der Waals surface area (Å²) < 4.78 is 0. The van der Waals surface area contributed by atoms with Crippen molar-refractivity contribution in [3.05, 3.63) is 29.8 Å². The van der Waals surface area contributed by atoms with Gasteiger partial charge in [-0.3, -0.25) is 4.79 Å². The van der Waals surface area contributed by atoms with Gasteiger partial charge in [0, 0.05) is 17.4 Å². The Morgan fingerprint density at radius 1 is 1.40 bits per heavy atom. The van der Waals surface area contributed by atoms with Crippen molar-refractivity contribution in [1.82, 2.24) is 0 Å². The first-order valence-electron chi connectivity index (χ1n) is 5.12. The van der Waals surface area contributed by atoms with Crippen molar-refractivity contribution in [3.63, 3.8) is 0 Å². The second-order valence-corrected chi connectivity index (χ2v) is 4.88. The van der Waals surface area contributed by atoms with Crippen LogP contribution in [0.3, 0.4) is 0 Å². The fraction of sp³-hybridized carbons (Fsp3) is 0.417.